The summed E-state index contributed by atoms with van der Waals surface area (Å²) < 4.78 is 64.4. The fourth-order valence-electron chi connectivity index (χ4n) is 4.96. The highest BCUT2D eigenvalue weighted by Gasteiger charge is 2.39. The van der Waals surface area contributed by atoms with Crippen LogP contribution in [0.25, 0.3) is 11.3 Å². The molecular formula is C28H32F4N4O3. The van der Waals surface area contributed by atoms with Gasteiger partial charge in [-0.05, 0) is 50.7 Å². The third-order valence-electron chi connectivity index (χ3n) is 7.42. The fourth-order valence-corrected chi connectivity index (χ4v) is 4.96. The Balaban J connectivity index is 1.25. The maximum atomic E-state index is 13.8. The second kappa shape index (κ2) is 11.1. The molecule has 3 aromatic rings. The first-order chi connectivity index (χ1) is 18.6. The van der Waals surface area contributed by atoms with Crippen LogP contribution in [-0.2, 0) is 17.1 Å². The quantitative estimate of drug-likeness (QED) is 0.185. The van der Waals surface area contributed by atoms with E-state index in [9.17, 15) is 22.4 Å². The molecule has 2 fully saturated rings. The third-order valence-corrected chi connectivity index (χ3v) is 7.42. The van der Waals surface area contributed by atoms with Gasteiger partial charge in [0, 0.05) is 61.9 Å². The van der Waals surface area contributed by atoms with Gasteiger partial charge in [-0.15, -0.1) is 0 Å². The predicted octanol–water partition coefficient (Wildman–Crippen LogP) is 7.29. The highest BCUT2D eigenvalue weighted by atomic mass is 19.3. The number of rotatable bonds is 11. The molecule has 0 spiro atoms. The lowest BCUT2D eigenvalue weighted by atomic mass is 9.85. The van der Waals surface area contributed by atoms with Crippen LogP contribution >= 0.6 is 0 Å². The second-order valence-corrected chi connectivity index (χ2v) is 10.8. The van der Waals surface area contributed by atoms with Crippen LogP contribution in [0.4, 0.5) is 23.2 Å². The van der Waals surface area contributed by atoms with Gasteiger partial charge in [0.25, 0.3) is 5.89 Å². The molecule has 2 aliphatic rings. The van der Waals surface area contributed by atoms with Crippen molar-refractivity contribution in [3.8, 4) is 11.3 Å². The van der Waals surface area contributed by atoms with E-state index >= 15 is 0 Å². The topological polar surface area (TPSA) is 85.3 Å². The van der Waals surface area contributed by atoms with Gasteiger partial charge in [0.05, 0.1) is 5.69 Å². The fraction of sp³-hybridized carbons (Fsp3) is 0.571. The summed E-state index contributed by atoms with van der Waals surface area (Å²) in [5.74, 6) is -5.94. The molecule has 0 unspecified atom stereocenters. The lowest BCUT2D eigenvalue weighted by Crippen LogP contribution is -2.40. The number of alkyl halides is 4. The summed E-state index contributed by atoms with van der Waals surface area (Å²) in [4.78, 5) is 19.0. The van der Waals surface area contributed by atoms with Gasteiger partial charge in [0.1, 0.15) is 0 Å². The number of nitrogens with zero attached hydrogens (tertiary/aromatic N) is 4. The van der Waals surface area contributed by atoms with Crippen molar-refractivity contribution < 1.29 is 31.4 Å². The molecule has 2 heterocycles. The Bertz CT molecular complexity index is 1270. The van der Waals surface area contributed by atoms with E-state index in [0.29, 0.717) is 56.5 Å². The van der Waals surface area contributed by atoms with Crippen LogP contribution in [0.2, 0.25) is 0 Å². The van der Waals surface area contributed by atoms with Crippen molar-refractivity contribution in [2.24, 2.45) is 5.92 Å². The van der Waals surface area contributed by atoms with E-state index in [4.69, 9.17) is 4.52 Å². The molecule has 7 nitrogen and oxygen atoms in total. The molecule has 0 bridgehead atoms. The number of aryl methyl sites for hydroxylation is 1. The van der Waals surface area contributed by atoms with Gasteiger partial charge in [-0.1, -0.05) is 28.9 Å². The van der Waals surface area contributed by atoms with Gasteiger partial charge in [-0.25, -0.2) is 8.78 Å². The lowest BCUT2D eigenvalue weighted by molar-refractivity contribution is -0.126. The summed E-state index contributed by atoms with van der Waals surface area (Å²) in [6.45, 7) is 1.09. The van der Waals surface area contributed by atoms with Crippen molar-refractivity contribution >= 4 is 11.6 Å². The van der Waals surface area contributed by atoms with E-state index in [1.54, 1.807) is 4.90 Å². The van der Waals surface area contributed by atoms with Gasteiger partial charge in [-0.2, -0.15) is 13.8 Å². The summed E-state index contributed by atoms with van der Waals surface area (Å²) in [6.07, 6.45) is 4.23. The first kappa shape index (κ1) is 27.3. The molecule has 11 heteroatoms. The summed E-state index contributed by atoms with van der Waals surface area (Å²) in [5.41, 5.74) is 2.40. The number of hydrogen-bond donors (Lipinski definition) is 0. The van der Waals surface area contributed by atoms with E-state index < -0.39 is 23.7 Å². The predicted molar refractivity (Wildman–Crippen MR) is 135 cm³/mol. The number of anilines is 1. The van der Waals surface area contributed by atoms with Crippen molar-refractivity contribution in [1.82, 2.24) is 15.3 Å². The van der Waals surface area contributed by atoms with Gasteiger partial charge < -0.3 is 13.9 Å². The zero-order valence-electron chi connectivity index (χ0n) is 21.8. The Hall–Kier alpha value is -3.24. The average Bonchev–Trinajstić information content (AvgIpc) is 3.41. The Morgan fingerprint density at radius 1 is 1.05 bits per heavy atom. The van der Waals surface area contributed by atoms with Crippen molar-refractivity contribution in [2.45, 2.75) is 88.9 Å². The molecule has 0 radical (unpaired) electrons. The van der Waals surface area contributed by atoms with E-state index in [0.717, 1.165) is 24.1 Å². The molecule has 5 rings (SSSR count). The van der Waals surface area contributed by atoms with Crippen LogP contribution in [0.1, 0.15) is 88.0 Å². The van der Waals surface area contributed by atoms with E-state index in [2.05, 4.69) is 19.8 Å². The molecule has 0 N–H and O–H groups in total. The number of aromatic nitrogens is 3. The van der Waals surface area contributed by atoms with E-state index in [1.165, 1.54) is 0 Å². The number of carbonyl (C=O) groups is 1. The molecular weight excluding hydrogens is 516 g/mol. The minimum absolute atomic E-state index is 0.150. The summed E-state index contributed by atoms with van der Waals surface area (Å²) in [7, 11) is 0. The van der Waals surface area contributed by atoms with Crippen LogP contribution in [-0.4, -0.2) is 33.7 Å². The van der Waals surface area contributed by atoms with Crippen molar-refractivity contribution in [1.29, 1.82) is 0 Å². The third kappa shape index (κ3) is 6.86. The zero-order valence-corrected chi connectivity index (χ0v) is 21.8. The van der Waals surface area contributed by atoms with Crippen LogP contribution in [0.3, 0.4) is 0 Å². The molecule has 0 atom stereocenters. The van der Waals surface area contributed by atoms with Gasteiger partial charge in [0.15, 0.2) is 11.6 Å². The largest absolute Gasteiger partial charge is 0.356 e. The highest BCUT2D eigenvalue weighted by molar-refractivity contribution is 5.95. The van der Waals surface area contributed by atoms with Crippen LogP contribution in [0.5, 0.6) is 0 Å². The maximum absolute atomic E-state index is 13.8. The Morgan fingerprint density at radius 2 is 1.82 bits per heavy atom. The molecule has 0 aliphatic heterocycles. The maximum Gasteiger partial charge on any atom is 0.322 e. The van der Waals surface area contributed by atoms with Gasteiger partial charge in [-0.3, -0.25) is 4.79 Å². The van der Waals surface area contributed by atoms with Crippen LogP contribution < -0.4 is 4.90 Å². The summed E-state index contributed by atoms with van der Waals surface area (Å²) >= 11 is 0. The molecule has 210 valence electrons. The van der Waals surface area contributed by atoms with Crippen molar-refractivity contribution in [2.75, 3.05) is 11.4 Å². The molecule has 2 aromatic heterocycles. The lowest BCUT2D eigenvalue weighted by Gasteiger charge is -2.32. The number of unbranched alkanes of at least 4 members (excludes halogenated alkanes) is 2. The average molecular weight is 549 g/mol. The number of benzene rings is 1. The molecule has 1 aromatic carbocycles. The van der Waals surface area contributed by atoms with Crippen molar-refractivity contribution in [3.63, 3.8) is 0 Å². The minimum atomic E-state index is -3.19. The molecule has 39 heavy (non-hydrogen) atoms. The SMILES string of the molecule is CC(F)(F)c1nc(CCCCCN(C(=O)C2CCC(F)(F)CC2)c2cccc(-c3cc(C4CC4)no3)c2)no1. The Labute approximate surface area is 223 Å². The summed E-state index contributed by atoms with van der Waals surface area (Å²) in [6, 6.07) is 9.38. The minimum Gasteiger partial charge on any atom is -0.356 e. The van der Waals surface area contributed by atoms with E-state index in [1.807, 2.05) is 30.3 Å². The molecule has 2 aliphatic carbocycles. The second-order valence-electron chi connectivity index (χ2n) is 10.8. The number of carbonyl (C=O) groups excluding carboxylic acids is 1. The van der Waals surface area contributed by atoms with Gasteiger partial charge >= 0.3 is 5.92 Å². The molecule has 1 amide bonds. The zero-order chi connectivity index (χ0) is 27.6. The standard InChI is InChI=1S/C28H32F4N4O3/c1-27(29,30)26-33-24(35-39-26)8-3-2-4-15-36(25(37)19-11-13-28(31,32)14-12-19)21-7-5-6-20(16-21)23-17-22(34-38-23)18-9-10-18/h5-7,16-19H,2-4,8-15H2,1H3. The van der Waals surface area contributed by atoms with Crippen LogP contribution in [0, 0.1) is 5.92 Å². The van der Waals surface area contributed by atoms with Crippen molar-refractivity contribution in [3.05, 3.63) is 47.7 Å². The number of hydrogen-bond acceptors (Lipinski definition) is 6. The number of amides is 1. The Morgan fingerprint density at radius 3 is 2.51 bits per heavy atom. The van der Waals surface area contributed by atoms with Crippen LogP contribution in [0.15, 0.2) is 39.4 Å². The smallest absolute Gasteiger partial charge is 0.322 e. The molecule has 0 saturated heterocycles. The number of halogens is 4. The monoisotopic (exact) mass is 548 g/mol. The summed E-state index contributed by atoms with van der Waals surface area (Å²) in [5, 5.41) is 7.79. The first-order valence-corrected chi connectivity index (χ1v) is 13.6. The highest BCUT2D eigenvalue weighted by Crippen LogP contribution is 2.41. The first-order valence-electron chi connectivity index (χ1n) is 13.6. The Kier molecular flexibility index (Phi) is 7.77. The molecule has 2 saturated carbocycles. The van der Waals surface area contributed by atoms with E-state index in [-0.39, 0.29) is 37.4 Å². The van der Waals surface area contributed by atoms with Gasteiger partial charge in [0.2, 0.25) is 11.8 Å². The normalized spacial score (nSPS) is 17.9.